The summed E-state index contributed by atoms with van der Waals surface area (Å²) in [6.07, 6.45) is 0.407. The average molecular weight is 246 g/mol. The van der Waals surface area contributed by atoms with E-state index in [0.717, 1.165) is 11.1 Å². The van der Waals surface area contributed by atoms with E-state index >= 15 is 0 Å². The third kappa shape index (κ3) is 5.37. The molecule has 0 N–H and O–H groups in total. The van der Waals surface area contributed by atoms with Crippen molar-refractivity contribution < 1.29 is 9.59 Å². The molecule has 0 unspecified atom stereocenters. The van der Waals surface area contributed by atoms with Crippen molar-refractivity contribution in [2.75, 3.05) is 5.75 Å². The number of rotatable bonds is 3. The summed E-state index contributed by atoms with van der Waals surface area (Å²) in [7, 11) is 0. The number of hydrogen-bond donors (Lipinski definition) is 0. The smallest absolute Gasteiger partial charge is 0.186 e. The Labute approximate surface area is 106 Å². The lowest BCUT2D eigenvalue weighted by Crippen LogP contribution is -1.98. The summed E-state index contributed by atoms with van der Waals surface area (Å²) in [6, 6.07) is 7.59. The van der Waals surface area contributed by atoms with Crippen molar-refractivity contribution in [2.45, 2.75) is 20.3 Å². The Morgan fingerprint density at radius 3 is 2.59 bits per heavy atom. The van der Waals surface area contributed by atoms with Crippen molar-refractivity contribution in [1.82, 2.24) is 0 Å². The lowest BCUT2D eigenvalue weighted by Gasteiger charge is -2.00. The number of benzene rings is 1. The number of Topliss-reactive ketones (excluding diaryl/α,β-unsaturated/α-hetero) is 1. The molecule has 0 bridgehead atoms. The molecule has 0 aromatic heterocycles. The molecule has 0 spiro atoms. The molecule has 1 aromatic carbocycles. The Bertz CT molecular complexity index is 480. The van der Waals surface area contributed by atoms with E-state index in [4.69, 9.17) is 0 Å². The SMILES string of the molecule is CC(=O)Cc1ccccc1C#CCSC(C)=O. The minimum Gasteiger partial charge on any atom is -0.300 e. The van der Waals surface area contributed by atoms with E-state index in [1.807, 2.05) is 24.3 Å². The summed E-state index contributed by atoms with van der Waals surface area (Å²) in [5.41, 5.74) is 1.81. The maximum absolute atomic E-state index is 11.1. The highest BCUT2D eigenvalue weighted by molar-refractivity contribution is 8.13. The van der Waals surface area contributed by atoms with Crippen LogP contribution in [0.5, 0.6) is 0 Å². The first-order valence-electron chi connectivity index (χ1n) is 5.29. The second-order valence-corrected chi connectivity index (χ2v) is 4.77. The first-order valence-corrected chi connectivity index (χ1v) is 6.27. The second kappa shape index (κ2) is 6.93. The van der Waals surface area contributed by atoms with E-state index in [0.29, 0.717) is 12.2 Å². The summed E-state index contributed by atoms with van der Waals surface area (Å²) < 4.78 is 0. The predicted molar refractivity (Wildman–Crippen MR) is 70.8 cm³/mol. The highest BCUT2D eigenvalue weighted by Gasteiger charge is 2.01. The summed E-state index contributed by atoms with van der Waals surface area (Å²) in [5, 5.41) is 0.0660. The summed E-state index contributed by atoms with van der Waals surface area (Å²) in [4.78, 5) is 21.8. The maximum Gasteiger partial charge on any atom is 0.186 e. The quantitative estimate of drug-likeness (QED) is 0.768. The fourth-order valence-electron chi connectivity index (χ4n) is 1.33. The molecule has 0 aliphatic rings. The van der Waals surface area contributed by atoms with E-state index in [9.17, 15) is 9.59 Å². The molecule has 2 nitrogen and oxygen atoms in total. The third-order valence-electron chi connectivity index (χ3n) is 2.03. The normalized spacial score (nSPS) is 9.29. The fourth-order valence-corrected chi connectivity index (χ4v) is 1.68. The van der Waals surface area contributed by atoms with Crippen molar-refractivity contribution >= 4 is 22.7 Å². The van der Waals surface area contributed by atoms with Crippen LogP contribution in [-0.2, 0) is 16.0 Å². The minimum absolute atomic E-state index is 0.0660. The zero-order valence-electron chi connectivity index (χ0n) is 9.95. The van der Waals surface area contributed by atoms with Crippen LogP contribution in [-0.4, -0.2) is 16.7 Å². The molecule has 0 saturated carbocycles. The van der Waals surface area contributed by atoms with Crippen LogP contribution in [0.4, 0.5) is 0 Å². The van der Waals surface area contributed by atoms with Crippen LogP contribution < -0.4 is 0 Å². The summed E-state index contributed by atoms with van der Waals surface area (Å²) >= 11 is 1.19. The number of carbonyl (C=O) groups excluding carboxylic acids is 2. The Hall–Kier alpha value is -1.53. The molecule has 0 radical (unpaired) electrons. The van der Waals surface area contributed by atoms with Crippen molar-refractivity contribution in [3.05, 3.63) is 35.4 Å². The van der Waals surface area contributed by atoms with Crippen LogP contribution >= 0.6 is 11.8 Å². The molecule has 3 heteroatoms. The Kier molecular flexibility index (Phi) is 5.51. The minimum atomic E-state index is 0.0660. The number of carbonyl (C=O) groups is 2. The van der Waals surface area contributed by atoms with Crippen LogP contribution in [0.1, 0.15) is 25.0 Å². The van der Waals surface area contributed by atoms with Gasteiger partial charge in [0.2, 0.25) is 0 Å². The van der Waals surface area contributed by atoms with E-state index in [2.05, 4.69) is 11.8 Å². The molecule has 17 heavy (non-hydrogen) atoms. The zero-order valence-corrected chi connectivity index (χ0v) is 10.8. The van der Waals surface area contributed by atoms with Gasteiger partial charge in [-0.25, -0.2) is 0 Å². The van der Waals surface area contributed by atoms with E-state index < -0.39 is 0 Å². The molecule has 0 heterocycles. The molecule has 88 valence electrons. The largest absolute Gasteiger partial charge is 0.300 e. The van der Waals surface area contributed by atoms with E-state index in [1.54, 1.807) is 6.92 Å². The van der Waals surface area contributed by atoms with Gasteiger partial charge in [0.05, 0.1) is 5.75 Å². The Morgan fingerprint density at radius 1 is 1.24 bits per heavy atom. The maximum atomic E-state index is 11.1. The van der Waals surface area contributed by atoms with Crippen molar-refractivity contribution in [2.24, 2.45) is 0 Å². The molecular weight excluding hydrogens is 232 g/mol. The zero-order chi connectivity index (χ0) is 12.7. The monoisotopic (exact) mass is 246 g/mol. The first-order chi connectivity index (χ1) is 8.09. The van der Waals surface area contributed by atoms with Crippen LogP contribution in [0.2, 0.25) is 0 Å². The molecule has 0 amide bonds. The van der Waals surface area contributed by atoms with Gasteiger partial charge in [0, 0.05) is 18.9 Å². The summed E-state index contributed by atoms with van der Waals surface area (Å²) in [6.45, 7) is 3.09. The van der Waals surface area contributed by atoms with Gasteiger partial charge >= 0.3 is 0 Å². The molecule has 0 atom stereocenters. The van der Waals surface area contributed by atoms with Gasteiger partial charge in [-0.2, -0.15) is 0 Å². The van der Waals surface area contributed by atoms with Gasteiger partial charge in [0.1, 0.15) is 5.78 Å². The fraction of sp³-hybridized carbons (Fsp3) is 0.286. The Morgan fingerprint density at radius 2 is 1.94 bits per heavy atom. The predicted octanol–water partition coefficient (Wildman–Crippen LogP) is 2.45. The highest BCUT2D eigenvalue weighted by Crippen LogP contribution is 2.08. The van der Waals surface area contributed by atoms with Gasteiger partial charge in [0.25, 0.3) is 0 Å². The highest BCUT2D eigenvalue weighted by atomic mass is 32.2. The lowest BCUT2D eigenvalue weighted by atomic mass is 10.0. The van der Waals surface area contributed by atoms with E-state index in [-0.39, 0.29) is 10.9 Å². The van der Waals surface area contributed by atoms with Crippen molar-refractivity contribution in [3.8, 4) is 11.8 Å². The number of hydrogen-bond acceptors (Lipinski definition) is 3. The molecule has 0 aliphatic heterocycles. The van der Waals surface area contributed by atoms with Crippen LogP contribution in [0.15, 0.2) is 24.3 Å². The van der Waals surface area contributed by atoms with Gasteiger partial charge < -0.3 is 0 Å². The van der Waals surface area contributed by atoms with Crippen molar-refractivity contribution in [3.63, 3.8) is 0 Å². The molecule has 0 saturated heterocycles. The standard InChI is InChI=1S/C14H14O2S/c1-11(15)10-14-7-4-3-6-13(14)8-5-9-17-12(2)16/h3-4,6-7H,9-10H2,1-2H3. The Balaban J connectivity index is 2.75. The topological polar surface area (TPSA) is 34.1 Å². The molecule has 0 fully saturated rings. The van der Waals surface area contributed by atoms with Gasteiger partial charge in [0.15, 0.2) is 5.12 Å². The van der Waals surface area contributed by atoms with Gasteiger partial charge in [-0.3, -0.25) is 9.59 Å². The second-order valence-electron chi connectivity index (χ2n) is 3.62. The van der Waals surface area contributed by atoms with Gasteiger partial charge in [-0.15, -0.1) is 0 Å². The van der Waals surface area contributed by atoms with Crippen LogP contribution in [0.25, 0.3) is 0 Å². The number of thioether (sulfide) groups is 1. The van der Waals surface area contributed by atoms with Gasteiger partial charge in [-0.1, -0.05) is 41.8 Å². The van der Waals surface area contributed by atoms with Crippen LogP contribution in [0, 0.1) is 11.8 Å². The summed E-state index contributed by atoms with van der Waals surface area (Å²) in [5.74, 6) is 6.54. The lowest BCUT2D eigenvalue weighted by molar-refractivity contribution is -0.116. The number of ketones is 1. The molecule has 0 aliphatic carbocycles. The third-order valence-corrected chi connectivity index (χ3v) is 2.72. The first kappa shape index (κ1) is 13.5. The van der Waals surface area contributed by atoms with E-state index in [1.165, 1.54) is 18.7 Å². The van der Waals surface area contributed by atoms with Crippen molar-refractivity contribution in [1.29, 1.82) is 0 Å². The van der Waals surface area contributed by atoms with Gasteiger partial charge in [-0.05, 0) is 18.6 Å². The molecular formula is C14H14O2S. The molecule has 1 rings (SSSR count). The molecule has 1 aromatic rings. The average Bonchev–Trinajstić information content (AvgIpc) is 2.25. The van der Waals surface area contributed by atoms with Crippen LogP contribution in [0.3, 0.4) is 0 Å².